The summed E-state index contributed by atoms with van der Waals surface area (Å²) in [6.45, 7) is 0.114. The Kier molecular flexibility index (Phi) is 6.97. The van der Waals surface area contributed by atoms with Gasteiger partial charge in [-0.15, -0.1) is 0 Å². The van der Waals surface area contributed by atoms with E-state index in [-0.39, 0.29) is 31.5 Å². The predicted molar refractivity (Wildman–Crippen MR) is 103 cm³/mol. The number of carbonyl (C=O) groups excluding carboxylic acids is 2. The highest BCUT2D eigenvalue weighted by Gasteiger charge is 2.30. The number of halogens is 3. The van der Waals surface area contributed by atoms with E-state index in [4.69, 9.17) is 9.47 Å². The Hall–Kier alpha value is -3.03. The van der Waals surface area contributed by atoms with Gasteiger partial charge in [0.05, 0.1) is 18.1 Å². The number of benzene rings is 2. The predicted octanol–water partition coefficient (Wildman–Crippen LogP) is 4.88. The number of alkyl halides is 3. The molecule has 1 fully saturated rings. The average molecular weight is 421 g/mol. The zero-order valence-corrected chi connectivity index (χ0v) is 16.2. The fourth-order valence-electron chi connectivity index (χ4n) is 2.95. The molecule has 8 heteroatoms. The van der Waals surface area contributed by atoms with Crippen molar-refractivity contribution in [2.24, 2.45) is 5.92 Å². The van der Waals surface area contributed by atoms with Crippen LogP contribution in [0.25, 0.3) is 0 Å². The van der Waals surface area contributed by atoms with Crippen LogP contribution in [-0.4, -0.2) is 18.7 Å². The van der Waals surface area contributed by atoms with Crippen LogP contribution < -0.4 is 10.1 Å². The Balaban J connectivity index is 1.41. The summed E-state index contributed by atoms with van der Waals surface area (Å²) >= 11 is 0. The van der Waals surface area contributed by atoms with Crippen molar-refractivity contribution in [1.82, 2.24) is 5.32 Å². The number of esters is 1. The topological polar surface area (TPSA) is 64.6 Å². The van der Waals surface area contributed by atoms with E-state index >= 15 is 0 Å². The molecule has 1 saturated carbocycles. The maximum Gasteiger partial charge on any atom is 0.416 e. The summed E-state index contributed by atoms with van der Waals surface area (Å²) in [7, 11) is 0. The standard InChI is InChI=1S/C22H22F3NO4/c23-22(24,25)18-8-1-4-15(12-18)10-11-29-21(28)26-14-16-5-2-9-19(13-16)30-20(27)17-6-3-7-17/h1-2,4-5,8-9,12-13,17H,3,6-7,10-11,14H2,(H,26,28). The molecule has 0 saturated heterocycles. The fraction of sp³-hybridized carbons (Fsp3) is 0.364. The first-order valence-electron chi connectivity index (χ1n) is 9.68. The van der Waals surface area contributed by atoms with Gasteiger partial charge in [-0.3, -0.25) is 4.79 Å². The molecule has 2 aromatic rings. The maximum atomic E-state index is 12.7. The maximum absolute atomic E-state index is 12.7. The van der Waals surface area contributed by atoms with Gasteiger partial charge in [0.2, 0.25) is 0 Å². The molecule has 30 heavy (non-hydrogen) atoms. The second-order valence-corrected chi connectivity index (χ2v) is 7.13. The molecule has 1 N–H and O–H groups in total. The lowest BCUT2D eigenvalue weighted by Gasteiger charge is -2.23. The molecule has 160 valence electrons. The number of rotatable bonds is 7. The number of hydrogen-bond donors (Lipinski definition) is 1. The molecular formula is C22H22F3NO4. The molecule has 0 spiro atoms. The molecule has 0 atom stereocenters. The van der Waals surface area contributed by atoms with E-state index in [2.05, 4.69) is 5.32 Å². The van der Waals surface area contributed by atoms with Gasteiger partial charge in [0, 0.05) is 13.0 Å². The van der Waals surface area contributed by atoms with Gasteiger partial charge in [0.15, 0.2) is 0 Å². The van der Waals surface area contributed by atoms with Gasteiger partial charge in [-0.05, 0) is 42.2 Å². The second-order valence-electron chi connectivity index (χ2n) is 7.13. The Morgan fingerprint density at radius 2 is 1.77 bits per heavy atom. The van der Waals surface area contributed by atoms with Crippen molar-refractivity contribution in [2.75, 3.05) is 6.61 Å². The summed E-state index contributed by atoms with van der Waals surface area (Å²) in [6, 6.07) is 11.7. The smallest absolute Gasteiger partial charge is 0.416 e. The molecule has 1 amide bonds. The van der Waals surface area contributed by atoms with Crippen LogP contribution in [0.5, 0.6) is 5.75 Å². The third-order valence-electron chi connectivity index (χ3n) is 4.87. The summed E-state index contributed by atoms with van der Waals surface area (Å²) in [6.07, 6.45) is -2.17. The molecule has 0 aromatic heterocycles. The largest absolute Gasteiger partial charge is 0.449 e. The highest BCUT2D eigenvalue weighted by atomic mass is 19.4. The van der Waals surface area contributed by atoms with Crippen molar-refractivity contribution < 1.29 is 32.2 Å². The Morgan fingerprint density at radius 3 is 2.47 bits per heavy atom. The van der Waals surface area contributed by atoms with Crippen molar-refractivity contribution in [3.05, 3.63) is 65.2 Å². The van der Waals surface area contributed by atoms with Crippen LogP contribution in [0, 0.1) is 5.92 Å². The summed E-state index contributed by atoms with van der Waals surface area (Å²) in [5.41, 5.74) is 0.421. The first-order valence-corrected chi connectivity index (χ1v) is 9.68. The van der Waals surface area contributed by atoms with Crippen molar-refractivity contribution in [2.45, 2.75) is 38.4 Å². The molecular weight excluding hydrogens is 399 g/mol. The van der Waals surface area contributed by atoms with Gasteiger partial charge in [-0.2, -0.15) is 13.2 Å². The molecule has 0 aliphatic heterocycles. The summed E-state index contributed by atoms with van der Waals surface area (Å²) in [4.78, 5) is 23.7. The molecule has 3 rings (SSSR count). The summed E-state index contributed by atoms with van der Waals surface area (Å²) < 4.78 is 48.5. The molecule has 5 nitrogen and oxygen atoms in total. The van der Waals surface area contributed by atoms with Gasteiger partial charge >= 0.3 is 18.2 Å². The number of nitrogens with one attached hydrogen (secondary N) is 1. The van der Waals surface area contributed by atoms with Crippen LogP contribution in [0.2, 0.25) is 0 Å². The number of ether oxygens (including phenoxy) is 2. The van der Waals surface area contributed by atoms with Gasteiger partial charge in [-0.25, -0.2) is 4.79 Å². The Bertz CT molecular complexity index is 894. The lowest BCUT2D eigenvalue weighted by atomic mass is 9.86. The highest BCUT2D eigenvalue weighted by molar-refractivity contribution is 5.76. The van der Waals surface area contributed by atoms with Crippen LogP contribution in [0.3, 0.4) is 0 Å². The van der Waals surface area contributed by atoms with E-state index < -0.39 is 17.8 Å². The third-order valence-corrected chi connectivity index (χ3v) is 4.87. The van der Waals surface area contributed by atoms with Crippen LogP contribution >= 0.6 is 0 Å². The number of amides is 1. The fourth-order valence-corrected chi connectivity index (χ4v) is 2.95. The quantitative estimate of drug-likeness (QED) is 0.511. The lowest BCUT2D eigenvalue weighted by Crippen LogP contribution is -2.26. The first kappa shape index (κ1) is 21.7. The monoisotopic (exact) mass is 421 g/mol. The molecule has 0 radical (unpaired) electrons. The molecule has 1 aliphatic rings. The van der Waals surface area contributed by atoms with E-state index in [0.29, 0.717) is 11.3 Å². The van der Waals surface area contributed by atoms with Gasteiger partial charge < -0.3 is 14.8 Å². The highest BCUT2D eigenvalue weighted by Crippen LogP contribution is 2.30. The first-order chi connectivity index (χ1) is 14.3. The van der Waals surface area contributed by atoms with Crippen LogP contribution in [-0.2, 0) is 28.7 Å². The van der Waals surface area contributed by atoms with E-state index in [1.165, 1.54) is 6.07 Å². The van der Waals surface area contributed by atoms with E-state index in [0.717, 1.165) is 37.0 Å². The van der Waals surface area contributed by atoms with E-state index in [1.807, 2.05) is 0 Å². The molecule has 0 heterocycles. The number of carbonyl (C=O) groups is 2. The molecule has 2 aromatic carbocycles. The van der Waals surface area contributed by atoms with Crippen molar-refractivity contribution >= 4 is 12.1 Å². The van der Waals surface area contributed by atoms with Crippen molar-refractivity contribution in [3.63, 3.8) is 0 Å². The number of alkyl carbamates (subject to hydrolysis) is 1. The second kappa shape index (κ2) is 9.65. The van der Waals surface area contributed by atoms with Gasteiger partial charge in [0.25, 0.3) is 0 Å². The third kappa shape index (κ3) is 6.23. The normalized spacial score (nSPS) is 14.0. The Morgan fingerprint density at radius 1 is 1.03 bits per heavy atom. The minimum atomic E-state index is -4.41. The van der Waals surface area contributed by atoms with E-state index in [9.17, 15) is 22.8 Å². The van der Waals surface area contributed by atoms with Gasteiger partial charge in [-0.1, -0.05) is 36.8 Å². The zero-order valence-electron chi connectivity index (χ0n) is 16.2. The zero-order chi connectivity index (χ0) is 21.6. The van der Waals surface area contributed by atoms with E-state index in [1.54, 1.807) is 30.3 Å². The molecule has 0 bridgehead atoms. The average Bonchev–Trinajstić information content (AvgIpc) is 2.65. The minimum Gasteiger partial charge on any atom is -0.449 e. The summed E-state index contributed by atoms with van der Waals surface area (Å²) in [5, 5.41) is 2.56. The van der Waals surface area contributed by atoms with Gasteiger partial charge in [0.1, 0.15) is 5.75 Å². The van der Waals surface area contributed by atoms with Crippen LogP contribution in [0.15, 0.2) is 48.5 Å². The molecule has 0 unspecified atom stereocenters. The Labute approximate surface area is 172 Å². The van der Waals surface area contributed by atoms with Crippen molar-refractivity contribution in [3.8, 4) is 5.75 Å². The SMILES string of the molecule is O=C(NCc1cccc(OC(=O)C2CCC2)c1)OCCc1cccc(C(F)(F)F)c1. The van der Waals surface area contributed by atoms with Crippen LogP contribution in [0.1, 0.15) is 36.0 Å². The van der Waals surface area contributed by atoms with Crippen molar-refractivity contribution in [1.29, 1.82) is 0 Å². The lowest BCUT2D eigenvalue weighted by molar-refractivity contribution is -0.141. The number of hydrogen-bond acceptors (Lipinski definition) is 4. The van der Waals surface area contributed by atoms with Crippen LogP contribution in [0.4, 0.5) is 18.0 Å². The summed E-state index contributed by atoms with van der Waals surface area (Å²) in [5.74, 6) is 0.156. The molecule has 1 aliphatic carbocycles. The minimum absolute atomic E-state index is 0.0291.